The Morgan fingerprint density at radius 2 is 1.71 bits per heavy atom. The highest BCUT2D eigenvalue weighted by Crippen LogP contribution is 2.30. The number of benzene rings is 3. The Bertz CT molecular complexity index is 1280. The van der Waals surface area contributed by atoms with Crippen molar-refractivity contribution < 1.29 is 9.53 Å². The number of anilines is 1. The zero-order valence-electron chi connectivity index (χ0n) is 20.5. The summed E-state index contributed by atoms with van der Waals surface area (Å²) in [7, 11) is 0. The molecule has 7 heteroatoms. The van der Waals surface area contributed by atoms with Gasteiger partial charge in [-0.3, -0.25) is 9.36 Å². The molecule has 4 rings (SSSR count). The largest absolute Gasteiger partial charge is 0.494 e. The summed E-state index contributed by atoms with van der Waals surface area (Å²) in [6, 6.07) is 23.9. The van der Waals surface area contributed by atoms with Crippen molar-refractivity contribution >= 4 is 23.4 Å². The molecule has 0 radical (unpaired) electrons. The van der Waals surface area contributed by atoms with Gasteiger partial charge in [0.15, 0.2) is 11.0 Å². The van der Waals surface area contributed by atoms with Crippen molar-refractivity contribution in [3.05, 3.63) is 83.9 Å². The van der Waals surface area contributed by atoms with Gasteiger partial charge in [0.2, 0.25) is 5.91 Å². The summed E-state index contributed by atoms with van der Waals surface area (Å²) in [6.07, 6.45) is 0. The third kappa shape index (κ3) is 5.92. The number of hydrogen-bond acceptors (Lipinski definition) is 5. The van der Waals surface area contributed by atoms with Crippen molar-refractivity contribution in [2.75, 3.05) is 17.7 Å². The number of ether oxygens (including phenoxy) is 1. The summed E-state index contributed by atoms with van der Waals surface area (Å²) < 4.78 is 7.59. The Morgan fingerprint density at radius 3 is 2.40 bits per heavy atom. The van der Waals surface area contributed by atoms with Crippen LogP contribution in [0.25, 0.3) is 17.1 Å². The number of rotatable bonds is 9. The van der Waals surface area contributed by atoms with Crippen molar-refractivity contribution in [3.8, 4) is 22.8 Å². The molecule has 0 unspecified atom stereocenters. The number of aryl methyl sites for hydroxylation is 1. The molecule has 0 saturated heterocycles. The van der Waals surface area contributed by atoms with Crippen LogP contribution in [0.1, 0.15) is 37.8 Å². The second kappa shape index (κ2) is 11.2. The summed E-state index contributed by atoms with van der Waals surface area (Å²) >= 11 is 1.36. The average Bonchev–Trinajstić information content (AvgIpc) is 3.28. The fourth-order valence-electron chi connectivity index (χ4n) is 3.77. The fourth-order valence-corrected chi connectivity index (χ4v) is 4.53. The van der Waals surface area contributed by atoms with E-state index in [2.05, 4.69) is 48.4 Å². The van der Waals surface area contributed by atoms with Gasteiger partial charge in [-0.2, -0.15) is 0 Å². The van der Waals surface area contributed by atoms with Crippen LogP contribution in [0.5, 0.6) is 5.75 Å². The Morgan fingerprint density at radius 1 is 1.00 bits per heavy atom. The highest BCUT2D eigenvalue weighted by Gasteiger charge is 2.18. The van der Waals surface area contributed by atoms with E-state index in [0.29, 0.717) is 17.7 Å². The van der Waals surface area contributed by atoms with Gasteiger partial charge in [0, 0.05) is 16.9 Å². The maximum atomic E-state index is 12.8. The lowest BCUT2D eigenvalue weighted by molar-refractivity contribution is -0.113. The van der Waals surface area contributed by atoms with Gasteiger partial charge >= 0.3 is 0 Å². The Balaban J connectivity index is 1.60. The van der Waals surface area contributed by atoms with Crippen LogP contribution in [0.4, 0.5) is 5.69 Å². The number of aromatic nitrogens is 3. The van der Waals surface area contributed by atoms with Gasteiger partial charge in [-0.05, 0) is 55.7 Å². The van der Waals surface area contributed by atoms with E-state index in [1.54, 1.807) is 0 Å². The molecule has 3 aromatic carbocycles. The van der Waals surface area contributed by atoms with Crippen molar-refractivity contribution in [3.63, 3.8) is 0 Å². The highest BCUT2D eigenvalue weighted by atomic mass is 32.2. The van der Waals surface area contributed by atoms with E-state index in [4.69, 9.17) is 4.74 Å². The van der Waals surface area contributed by atoms with Crippen molar-refractivity contribution in [2.24, 2.45) is 0 Å². The summed E-state index contributed by atoms with van der Waals surface area (Å²) in [4.78, 5) is 12.8. The topological polar surface area (TPSA) is 69.0 Å². The minimum absolute atomic E-state index is 0.0822. The molecule has 0 aliphatic rings. The van der Waals surface area contributed by atoms with Crippen molar-refractivity contribution in [2.45, 2.75) is 38.8 Å². The van der Waals surface area contributed by atoms with Gasteiger partial charge in [0.1, 0.15) is 5.75 Å². The lowest BCUT2D eigenvalue weighted by atomic mass is 10.0. The SMILES string of the molecule is CCOc1ccc(-n2c(SCC(=O)Nc3ccccc3C(C)C)nnc2-c2ccc(C)cc2)cc1. The second-order valence-corrected chi connectivity index (χ2v) is 9.46. The number of hydrogen-bond donors (Lipinski definition) is 1. The van der Waals surface area contributed by atoms with Crippen LogP contribution in [-0.2, 0) is 4.79 Å². The number of carbonyl (C=O) groups excluding carboxylic acids is 1. The van der Waals surface area contributed by atoms with Crippen molar-refractivity contribution in [1.82, 2.24) is 14.8 Å². The first-order chi connectivity index (χ1) is 17.0. The maximum Gasteiger partial charge on any atom is 0.234 e. The molecule has 1 aromatic heterocycles. The molecule has 1 heterocycles. The van der Waals surface area contributed by atoms with Crippen LogP contribution in [0.2, 0.25) is 0 Å². The predicted molar refractivity (Wildman–Crippen MR) is 143 cm³/mol. The summed E-state index contributed by atoms with van der Waals surface area (Å²) in [5.74, 6) is 1.98. The van der Waals surface area contributed by atoms with Gasteiger partial charge in [-0.15, -0.1) is 10.2 Å². The minimum Gasteiger partial charge on any atom is -0.494 e. The molecule has 0 bridgehead atoms. The number of nitrogens with one attached hydrogen (secondary N) is 1. The molecule has 0 aliphatic heterocycles. The van der Waals surface area contributed by atoms with Gasteiger partial charge in [0.25, 0.3) is 0 Å². The Hall–Kier alpha value is -3.58. The Labute approximate surface area is 210 Å². The molecule has 6 nitrogen and oxygen atoms in total. The van der Waals surface area contributed by atoms with Gasteiger partial charge in [-0.25, -0.2) is 0 Å². The number of nitrogens with zero attached hydrogens (tertiary/aromatic N) is 3. The molecule has 0 atom stereocenters. The number of carbonyl (C=O) groups is 1. The third-order valence-corrected chi connectivity index (χ3v) is 6.47. The van der Waals surface area contributed by atoms with E-state index in [-0.39, 0.29) is 11.7 Å². The van der Waals surface area contributed by atoms with E-state index >= 15 is 0 Å². The smallest absolute Gasteiger partial charge is 0.234 e. The predicted octanol–water partition coefficient (Wildman–Crippen LogP) is 6.50. The minimum atomic E-state index is -0.0822. The Kier molecular flexibility index (Phi) is 7.87. The van der Waals surface area contributed by atoms with E-state index in [9.17, 15) is 4.79 Å². The first kappa shape index (κ1) is 24.5. The first-order valence-electron chi connectivity index (χ1n) is 11.7. The van der Waals surface area contributed by atoms with E-state index < -0.39 is 0 Å². The van der Waals surface area contributed by atoms with E-state index in [0.717, 1.165) is 34.1 Å². The standard InChI is InChI=1S/C28H30N4O2S/c1-5-34-23-16-14-22(15-17-23)32-27(21-12-10-20(4)11-13-21)30-31-28(32)35-18-26(33)29-25-9-7-6-8-24(25)19(2)3/h6-17,19H,5,18H2,1-4H3,(H,29,33). The maximum absolute atomic E-state index is 12.8. The summed E-state index contributed by atoms with van der Waals surface area (Å²) in [6.45, 7) is 8.86. The molecule has 0 spiro atoms. The molecule has 1 amide bonds. The molecule has 180 valence electrons. The molecule has 1 N–H and O–H groups in total. The fraction of sp³-hybridized carbons (Fsp3) is 0.250. The quantitative estimate of drug-likeness (QED) is 0.274. The number of amides is 1. The van der Waals surface area contributed by atoms with Crippen LogP contribution in [0.3, 0.4) is 0 Å². The van der Waals surface area contributed by atoms with Crippen LogP contribution in [0.15, 0.2) is 78.0 Å². The summed E-state index contributed by atoms with van der Waals surface area (Å²) in [5.41, 5.74) is 5.00. The molecule has 35 heavy (non-hydrogen) atoms. The second-order valence-electron chi connectivity index (χ2n) is 8.51. The monoisotopic (exact) mass is 486 g/mol. The number of thioether (sulfide) groups is 1. The first-order valence-corrected chi connectivity index (χ1v) is 12.7. The highest BCUT2D eigenvalue weighted by molar-refractivity contribution is 7.99. The lowest BCUT2D eigenvalue weighted by Crippen LogP contribution is -2.16. The third-order valence-electron chi connectivity index (χ3n) is 5.54. The van der Waals surface area contributed by atoms with Crippen LogP contribution < -0.4 is 10.1 Å². The van der Waals surface area contributed by atoms with Crippen molar-refractivity contribution in [1.29, 1.82) is 0 Å². The normalized spacial score (nSPS) is 11.0. The summed E-state index contributed by atoms with van der Waals surface area (Å²) in [5, 5.41) is 12.6. The van der Waals surface area contributed by atoms with E-state index in [1.165, 1.54) is 17.3 Å². The van der Waals surface area contributed by atoms with Gasteiger partial charge < -0.3 is 10.1 Å². The lowest BCUT2D eigenvalue weighted by Gasteiger charge is -2.14. The van der Waals surface area contributed by atoms with Gasteiger partial charge in [-0.1, -0.05) is 73.6 Å². The van der Waals surface area contributed by atoms with Crippen LogP contribution in [0, 0.1) is 6.92 Å². The zero-order valence-corrected chi connectivity index (χ0v) is 21.3. The number of para-hydroxylation sites is 1. The molecule has 0 saturated carbocycles. The zero-order chi connectivity index (χ0) is 24.8. The molecular formula is C28H30N4O2S. The van der Waals surface area contributed by atoms with E-state index in [1.807, 2.05) is 72.2 Å². The van der Waals surface area contributed by atoms with Gasteiger partial charge in [0.05, 0.1) is 12.4 Å². The van der Waals surface area contributed by atoms with Crippen LogP contribution >= 0.6 is 11.8 Å². The molecule has 0 aliphatic carbocycles. The van der Waals surface area contributed by atoms with Crippen LogP contribution in [-0.4, -0.2) is 33.0 Å². The molecular weight excluding hydrogens is 456 g/mol. The molecule has 4 aromatic rings. The molecule has 0 fully saturated rings. The average molecular weight is 487 g/mol.